The average molecular weight is 315 g/mol. The molecule has 0 saturated carbocycles. The van der Waals surface area contributed by atoms with Gasteiger partial charge in [0.25, 0.3) is 5.91 Å². The number of carbonyl (C=O) groups excluding carboxylic acids is 1. The second-order valence-corrected chi connectivity index (χ2v) is 4.95. The van der Waals surface area contributed by atoms with Crippen molar-refractivity contribution in [3.05, 3.63) is 53.2 Å². The van der Waals surface area contributed by atoms with E-state index in [2.05, 4.69) is 15.5 Å². The Labute approximate surface area is 133 Å². The summed E-state index contributed by atoms with van der Waals surface area (Å²) in [6, 6.07) is 4.93. The molecule has 0 radical (unpaired) electrons. The highest BCUT2D eigenvalue weighted by Gasteiger charge is 2.12. The van der Waals surface area contributed by atoms with Gasteiger partial charge in [0.1, 0.15) is 11.5 Å². The summed E-state index contributed by atoms with van der Waals surface area (Å²) < 4.78 is 5.51. The number of nitrogens with zero attached hydrogens (tertiary/aromatic N) is 2. The Morgan fingerprint density at radius 3 is 2.70 bits per heavy atom. The third kappa shape index (κ3) is 4.50. The monoisotopic (exact) mass is 315 g/mol. The number of hydrazone groups is 1. The summed E-state index contributed by atoms with van der Waals surface area (Å²) in [6.07, 6.45) is 3.37. The molecule has 0 aliphatic rings. The highest BCUT2D eigenvalue weighted by atomic mass is 16.4. The molecule has 0 aliphatic carbocycles. The van der Waals surface area contributed by atoms with Crippen LogP contribution >= 0.6 is 0 Å². The van der Waals surface area contributed by atoms with Crippen molar-refractivity contribution in [1.29, 1.82) is 0 Å². The normalized spacial score (nSPS) is 11.3. The minimum atomic E-state index is -0.879. The maximum Gasteiger partial charge on any atom is 0.303 e. The first-order chi connectivity index (χ1) is 11.0. The fourth-order valence-corrected chi connectivity index (χ4v) is 2.02. The molecule has 0 spiro atoms. The fourth-order valence-electron chi connectivity index (χ4n) is 2.02. The Morgan fingerprint density at radius 1 is 1.35 bits per heavy atom. The summed E-state index contributed by atoms with van der Waals surface area (Å²) in [4.78, 5) is 26.4. The van der Waals surface area contributed by atoms with Gasteiger partial charge in [0.05, 0.1) is 12.1 Å². The van der Waals surface area contributed by atoms with Crippen molar-refractivity contribution in [2.45, 2.75) is 26.7 Å². The van der Waals surface area contributed by atoms with Crippen LogP contribution in [0, 0.1) is 6.92 Å². The van der Waals surface area contributed by atoms with Gasteiger partial charge in [-0.2, -0.15) is 5.10 Å². The molecule has 1 amide bonds. The highest BCUT2D eigenvalue weighted by Crippen LogP contribution is 2.17. The molecule has 0 aromatic carbocycles. The van der Waals surface area contributed by atoms with Gasteiger partial charge in [-0.05, 0) is 32.0 Å². The molecule has 0 atom stereocenters. The van der Waals surface area contributed by atoms with Gasteiger partial charge in [0, 0.05) is 29.9 Å². The van der Waals surface area contributed by atoms with Crippen LogP contribution in [0.15, 0.2) is 40.1 Å². The average Bonchev–Trinajstić information content (AvgIpc) is 2.92. The number of pyridine rings is 1. The van der Waals surface area contributed by atoms with E-state index in [1.807, 2.05) is 0 Å². The molecule has 0 unspecified atom stereocenters. The lowest BCUT2D eigenvalue weighted by molar-refractivity contribution is -0.137. The zero-order valence-electron chi connectivity index (χ0n) is 12.9. The minimum absolute atomic E-state index is 0.00135. The van der Waals surface area contributed by atoms with Crippen LogP contribution in [-0.4, -0.2) is 27.7 Å². The van der Waals surface area contributed by atoms with Gasteiger partial charge in [-0.3, -0.25) is 14.6 Å². The van der Waals surface area contributed by atoms with Gasteiger partial charge in [-0.25, -0.2) is 5.43 Å². The number of carboxylic acids is 1. The molecule has 0 saturated heterocycles. The lowest BCUT2D eigenvalue weighted by atomic mass is 10.1. The van der Waals surface area contributed by atoms with Gasteiger partial charge < -0.3 is 9.52 Å². The van der Waals surface area contributed by atoms with E-state index >= 15 is 0 Å². The molecule has 0 aliphatic heterocycles. The summed E-state index contributed by atoms with van der Waals surface area (Å²) in [5, 5.41) is 12.8. The Balaban J connectivity index is 2.06. The molecule has 2 heterocycles. The summed E-state index contributed by atoms with van der Waals surface area (Å²) in [5.41, 5.74) is 4.25. The van der Waals surface area contributed by atoms with Crippen molar-refractivity contribution in [3.63, 3.8) is 0 Å². The molecule has 2 aromatic rings. The van der Waals surface area contributed by atoms with Crippen molar-refractivity contribution in [2.75, 3.05) is 0 Å². The molecule has 0 bridgehead atoms. The zero-order valence-corrected chi connectivity index (χ0v) is 12.9. The van der Waals surface area contributed by atoms with Crippen LogP contribution < -0.4 is 5.43 Å². The first kappa shape index (κ1) is 16.4. The first-order valence-electron chi connectivity index (χ1n) is 7.03. The molecular weight excluding hydrogens is 298 g/mol. The van der Waals surface area contributed by atoms with Crippen LogP contribution in [0.2, 0.25) is 0 Å². The quantitative estimate of drug-likeness (QED) is 0.628. The van der Waals surface area contributed by atoms with Gasteiger partial charge in [-0.1, -0.05) is 0 Å². The minimum Gasteiger partial charge on any atom is -0.481 e. The van der Waals surface area contributed by atoms with Crippen molar-refractivity contribution < 1.29 is 19.1 Å². The molecule has 7 heteroatoms. The fraction of sp³-hybridized carbons (Fsp3) is 0.250. The number of aryl methyl sites for hydroxylation is 2. The summed E-state index contributed by atoms with van der Waals surface area (Å²) in [7, 11) is 0. The van der Waals surface area contributed by atoms with Crippen molar-refractivity contribution in [3.8, 4) is 0 Å². The Bertz CT molecular complexity index is 735. The molecule has 23 heavy (non-hydrogen) atoms. The number of carbonyl (C=O) groups is 2. The second kappa shape index (κ2) is 7.35. The smallest absolute Gasteiger partial charge is 0.303 e. The molecule has 2 N–H and O–H groups in total. The largest absolute Gasteiger partial charge is 0.481 e. The number of nitrogens with one attached hydrogen (secondary N) is 1. The van der Waals surface area contributed by atoms with E-state index < -0.39 is 5.97 Å². The van der Waals surface area contributed by atoms with Gasteiger partial charge >= 0.3 is 5.97 Å². The van der Waals surface area contributed by atoms with Crippen LogP contribution in [0.25, 0.3) is 0 Å². The summed E-state index contributed by atoms with van der Waals surface area (Å²) in [6.45, 7) is 3.51. The lowest BCUT2D eigenvalue weighted by Crippen LogP contribution is -2.19. The van der Waals surface area contributed by atoms with Crippen molar-refractivity contribution in [2.24, 2.45) is 5.10 Å². The molecular formula is C16H17N3O4. The predicted octanol–water partition coefficient (Wildman–Crippen LogP) is 2.15. The number of amides is 1. The number of rotatable bonds is 6. The van der Waals surface area contributed by atoms with E-state index in [9.17, 15) is 9.59 Å². The highest BCUT2D eigenvalue weighted by molar-refractivity contribution is 6.01. The third-order valence-electron chi connectivity index (χ3n) is 3.21. The Morgan fingerprint density at radius 2 is 2.04 bits per heavy atom. The van der Waals surface area contributed by atoms with E-state index in [4.69, 9.17) is 9.52 Å². The number of aromatic nitrogens is 1. The number of carboxylic acid groups (broad SMARTS) is 1. The van der Waals surface area contributed by atoms with Gasteiger partial charge in [0.15, 0.2) is 0 Å². The van der Waals surface area contributed by atoms with Crippen LogP contribution in [0.3, 0.4) is 0 Å². The van der Waals surface area contributed by atoms with E-state index in [1.165, 1.54) is 12.4 Å². The standard InChI is InChI=1S/C16H17N3O4/c1-10(18-19-16(22)12-5-7-17-8-6-12)14-9-13(23-11(14)2)3-4-15(20)21/h5-9H,3-4H2,1-2H3,(H,19,22)(H,20,21)/b18-10-. The van der Waals surface area contributed by atoms with Gasteiger partial charge in [0.2, 0.25) is 0 Å². The molecule has 0 fully saturated rings. The zero-order chi connectivity index (χ0) is 16.8. The van der Waals surface area contributed by atoms with Crippen molar-refractivity contribution >= 4 is 17.6 Å². The maximum atomic E-state index is 11.9. The summed E-state index contributed by atoms with van der Waals surface area (Å²) in [5.74, 6) is -0.00526. The third-order valence-corrected chi connectivity index (χ3v) is 3.21. The predicted molar refractivity (Wildman–Crippen MR) is 83.3 cm³/mol. The lowest BCUT2D eigenvalue weighted by Gasteiger charge is -2.01. The number of hydrogen-bond acceptors (Lipinski definition) is 5. The topological polar surface area (TPSA) is 105 Å². The Hall–Kier alpha value is -2.96. The number of hydrogen-bond donors (Lipinski definition) is 2. The SMILES string of the molecule is C/C(=N/NC(=O)c1ccncc1)c1cc(CCC(=O)O)oc1C. The molecule has 2 rings (SSSR count). The van der Waals surface area contributed by atoms with E-state index in [1.54, 1.807) is 32.0 Å². The van der Waals surface area contributed by atoms with E-state index in [0.29, 0.717) is 29.2 Å². The molecule has 7 nitrogen and oxygen atoms in total. The molecule has 2 aromatic heterocycles. The number of aliphatic carboxylic acids is 1. The Kier molecular flexibility index (Phi) is 5.24. The van der Waals surface area contributed by atoms with Crippen LogP contribution in [0.1, 0.15) is 40.8 Å². The van der Waals surface area contributed by atoms with Gasteiger partial charge in [-0.15, -0.1) is 0 Å². The van der Waals surface area contributed by atoms with Crippen LogP contribution in [0.4, 0.5) is 0 Å². The maximum absolute atomic E-state index is 11.9. The van der Waals surface area contributed by atoms with Crippen LogP contribution in [0.5, 0.6) is 0 Å². The molecule has 120 valence electrons. The second-order valence-electron chi connectivity index (χ2n) is 4.95. The van der Waals surface area contributed by atoms with E-state index in [-0.39, 0.29) is 12.3 Å². The summed E-state index contributed by atoms with van der Waals surface area (Å²) >= 11 is 0. The van der Waals surface area contributed by atoms with Crippen LogP contribution in [-0.2, 0) is 11.2 Å². The first-order valence-corrected chi connectivity index (χ1v) is 7.03. The van der Waals surface area contributed by atoms with E-state index in [0.717, 1.165) is 5.56 Å². The number of furan rings is 1. The van der Waals surface area contributed by atoms with Crippen molar-refractivity contribution in [1.82, 2.24) is 10.4 Å².